The van der Waals surface area contributed by atoms with E-state index in [-0.39, 0.29) is 16.9 Å². The van der Waals surface area contributed by atoms with E-state index in [1.54, 1.807) is 30.3 Å². The summed E-state index contributed by atoms with van der Waals surface area (Å²) in [6.45, 7) is 9.94. The third-order valence-electron chi connectivity index (χ3n) is 7.02. The molecule has 220 valence electrons. The number of amides is 1. The Morgan fingerprint density at radius 3 is 2.44 bits per heavy atom. The van der Waals surface area contributed by atoms with Crippen molar-refractivity contribution in [3.63, 3.8) is 0 Å². The predicted molar refractivity (Wildman–Crippen MR) is 161 cm³/mol. The van der Waals surface area contributed by atoms with Crippen molar-refractivity contribution in [2.75, 3.05) is 36.5 Å². The summed E-state index contributed by atoms with van der Waals surface area (Å²) >= 11 is 0. The van der Waals surface area contributed by atoms with Crippen LogP contribution in [0.5, 0.6) is 17.4 Å². The molecule has 2 heterocycles. The van der Waals surface area contributed by atoms with Crippen molar-refractivity contribution in [1.29, 1.82) is 0 Å². The second-order valence-electron chi connectivity index (χ2n) is 11.5. The zero-order valence-electron chi connectivity index (χ0n) is 24.5. The van der Waals surface area contributed by atoms with Crippen LogP contribution >= 0.6 is 0 Å². The minimum atomic E-state index is -3.59. The number of nitrogens with zero attached hydrogens (tertiary/aromatic N) is 2. The van der Waals surface area contributed by atoms with Crippen LogP contribution in [0.4, 0.5) is 11.4 Å². The summed E-state index contributed by atoms with van der Waals surface area (Å²) in [5.41, 5.74) is 3.21. The summed E-state index contributed by atoms with van der Waals surface area (Å²) in [5.74, 6) is 1.30. The van der Waals surface area contributed by atoms with Crippen molar-refractivity contribution in [1.82, 2.24) is 15.3 Å². The first-order valence-corrected chi connectivity index (χ1v) is 15.5. The Morgan fingerprint density at radius 1 is 1.07 bits per heavy atom. The molecule has 1 aliphatic heterocycles. The molecule has 2 aromatic carbocycles. The molecular formula is C30H39N5O5S. The lowest BCUT2D eigenvalue weighted by atomic mass is 9.86. The number of carbonyl (C=O) groups excluding carboxylic acids is 1. The van der Waals surface area contributed by atoms with Gasteiger partial charge in [-0.2, -0.15) is 0 Å². The fourth-order valence-corrected chi connectivity index (χ4v) is 5.29. The van der Waals surface area contributed by atoms with Gasteiger partial charge in [0.1, 0.15) is 12.1 Å². The molecule has 10 nitrogen and oxygen atoms in total. The molecule has 11 heteroatoms. The Kier molecular flexibility index (Phi) is 9.18. The molecule has 1 aliphatic rings. The maximum atomic E-state index is 13.4. The number of hydrogen-bond donors (Lipinski definition) is 3. The topological polar surface area (TPSA) is 132 Å². The van der Waals surface area contributed by atoms with E-state index < -0.39 is 15.9 Å². The number of nitrogens with one attached hydrogen (secondary N) is 3. The Morgan fingerprint density at radius 2 is 1.78 bits per heavy atom. The quantitative estimate of drug-likeness (QED) is 0.320. The summed E-state index contributed by atoms with van der Waals surface area (Å²) in [7, 11) is -2.17. The average molecular weight is 582 g/mol. The lowest BCUT2D eigenvalue weighted by Gasteiger charge is -2.24. The molecule has 1 fully saturated rings. The summed E-state index contributed by atoms with van der Waals surface area (Å²) in [5, 5.41) is 6.28. The second kappa shape index (κ2) is 12.4. The average Bonchev–Trinajstić information content (AvgIpc) is 2.89. The zero-order chi connectivity index (χ0) is 29.8. The van der Waals surface area contributed by atoms with Crippen LogP contribution in [0.2, 0.25) is 0 Å². The molecule has 4 rings (SSSR count). The minimum Gasteiger partial charge on any atom is -0.492 e. The molecule has 0 aliphatic carbocycles. The van der Waals surface area contributed by atoms with Crippen LogP contribution in [0.15, 0.2) is 42.7 Å². The molecule has 3 N–H and O–H groups in total. The first kappa shape index (κ1) is 30.3. The number of methoxy groups -OCH3 is 1. The third kappa shape index (κ3) is 8.17. The fraction of sp³-hybridized carbons (Fsp3) is 0.433. The number of aromatic nitrogens is 2. The van der Waals surface area contributed by atoms with Crippen LogP contribution in [-0.4, -0.2) is 50.7 Å². The van der Waals surface area contributed by atoms with E-state index in [9.17, 15) is 13.2 Å². The molecule has 41 heavy (non-hydrogen) atoms. The number of carbonyl (C=O) groups is 1. The van der Waals surface area contributed by atoms with Gasteiger partial charge in [-0.1, -0.05) is 26.8 Å². The summed E-state index contributed by atoms with van der Waals surface area (Å²) in [6.07, 6.45) is 5.68. The molecule has 1 aromatic heterocycles. The van der Waals surface area contributed by atoms with E-state index in [2.05, 4.69) is 25.3 Å². The van der Waals surface area contributed by atoms with Crippen LogP contribution in [0.1, 0.15) is 60.8 Å². The van der Waals surface area contributed by atoms with E-state index in [0.29, 0.717) is 28.8 Å². The maximum absolute atomic E-state index is 13.4. The highest BCUT2D eigenvalue weighted by atomic mass is 32.2. The Hall–Kier alpha value is -3.70. The lowest BCUT2D eigenvalue weighted by molar-refractivity contribution is 0.102. The molecule has 0 saturated carbocycles. The van der Waals surface area contributed by atoms with Gasteiger partial charge in [0, 0.05) is 17.3 Å². The number of sulfonamides is 1. The van der Waals surface area contributed by atoms with Crippen LogP contribution in [0.25, 0.3) is 0 Å². The van der Waals surface area contributed by atoms with Crippen LogP contribution < -0.4 is 24.8 Å². The highest BCUT2D eigenvalue weighted by molar-refractivity contribution is 7.92. The van der Waals surface area contributed by atoms with E-state index in [1.807, 2.05) is 33.8 Å². The van der Waals surface area contributed by atoms with E-state index in [1.165, 1.54) is 13.4 Å². The van der Waals surface area contributed by atoms with Gasteiger partial charge in [-0.25, -0.2) is 18.4 Å². The Balaban J connectivity index is 1.58. The smallest absolute Gasteiger partial charge is 0.255 e. The Labute approximate surface area is 242 Å². The van der Waals surface area contributed by atoms with Gasteiger partial charge >= 0.3 is 0 Å². The van der Waals surface area contributed by atoms with Crippen LogP contribution in [0, 0.1) is 12.8 Å². The molecular weight excluding hydrogens is 542 g/mol. The first-order valence-electron chi connectivity index (χ1n) is 13.6. The van der Waals surface area contributed by atoms with Gasteiger partial charge in [-0.05, 0) is 86.0 Å². The number of piperidine rings is 1. The molecule has 0 unspecified atom stereocenters. The number of ether oxygens (including phenoxy) is 2. The monoisotopic (exact) mass is 581 g/mol. The van der Waals surface area contributed by atoms with Crippen LogP contribution in [0.3, 0.4) is 0 Å². The van der Waals surface area contributed by atoms with Crippen molar-refractivity contribution in [2.24, 2.45) is 5.92 Å². The summed E-state index contributed by atoms with van der Waals surface area (Å²) in [4.78, 5) is 22.2. The van der Waals surface area contributed by atoms with E-state index in [4.69, 9.17) is 9.47 Å². The van der Waals surface area contributed by atoms with Crippen molar-refractivity contribution in [3.8, 4) is 17.4 Å². The molecule has 0 radical (unpaired) electrons. The van der Waals surface area contributed by atoms with E-state index >= 15 is 0 Å². The molecule has 0 bridgehead atoms. The zero-order valence-corrected chi connectivity index (χ0v) is 25.3. The molecule has 0 spiro atoms. The second-order valence-corrected chi connectivity index (χ2v) is 13.3. The van der Waals surface area contributed by atoms with Gasteiger partial charge in [0.2, 0.25) is 15.9 Å². The van der Waals surface area contributed by atoms with Crippen molar-refractivity contribution < 1.29 is 22.7 Å². The fourth-order valence-electron chi connectivity index (χ4n) is 4.73. The molecule has 3 aromatic rings. The van der Waals surface area contributed by atoms with Gasteiger partial charge in [-0.15, -0.1) is 0 Å². The molecule has 1 amide bonds. The summed E-state index contributed by atoms with van der Waals surface area (Å²) < 4.78 is 38.2. The highest BCUT2D eigenvalue weighted by Crippen LogP contribution is 2.39. The number of hydrogen-bond acceptors (Lipinski definition) is 8. The molecule has 0 atom stereocenters. The SMILES string of the molecule is COc1c(NC(=O)c2ccc(C)c(Oc3cc(CC4CCNCC4)ncn3)c2)cc(C(C)(C)C)cc1NS(C)(=O)=O. The minimum absolute atomic E-state index is 0.211. The van der Waals surface area contributed by atoms with Gasteiger partial charge in [0.15, 0.2) is 5.75 Å². The lowest BCUT2D eigenvalue weighted by Crippen LogP contribution is -2.28. The van der Waals surface area contributed by atoms with Gasteiger partial charge in [0.25, 0.3) is 5.91 Å². The maximum Gasteiger partial charge on any atom is 0.255 e. The third-order valence-corrected chi connectivity index (χ3v) is 7.61. The summed E-state index contributed by atoms with van der Waals surface area (Å²) in [6, 6.07) is 10.5. The van der Waals surface area contributed by atoms with Gasteiger partial charge in [0.05, 0.1) is 24.7 Å². The predicted octanol–water partition coefficient (Wildman–Crippen LogP) is 5.05. The number of aryl methyl sites for hydroxylation is 1. The van der Waals surface area contributed by atoms with Gasteiger partial charge < -0.3 is 20.1 Å². The first-order chi connectivity index (χ1) is 19.3. The highest BCUT2D eigenvalue weighted by Gasteiger charge is 2.23. The normalized spacial score (nSPS) is 14.4. The number of rotatable bonds is 9. The largest absolute Gasteiger partial charge is 0.492 e. The number of anilines is 2. The van der Waals surface area contributed by atoms with E-state index in [0.717, 1.165) is 55.4 Å². The van der Waals surface area contributed by atoms with Crippen molar-refractivity contribution in [3.05, 3.63) is 65.1 Å². The van der Waals surface area contributed by atoms with Crippen LogP contribution in [-0.2, 0) is 21.9 Å². The number of benzene rings is 2. The van der Waals surface area contributed by atoms with Crippen molar-refractivity contribution >= 4 is 27.3 Å². The van der Waals surface area contributed by atoms with Crippen molar-refractivity contribution in [2.45, 2.75) is 52.4 Å². The standard InChI is InChI=1S/C30H39N5O5S/c1-19-7-8-21(14-26(19)40-27-17-23(32-18-33-27)13-20-9-11-31-12-10-20)29(36)34-24-15-22(30(2,3)4)16-25(28(24)39-5)35-41(6,37)38/h7-8,14-18,20,31,35H,9-13H2,1-6H3,(H,34,36). The Bertz CT molecular complexity index is 1510. The molecule has 1 saturated heterocycles. The van der Waals surface area contributed by atoms with Gasteiger partial charge in [-0.3, -0.25) is 9.52 Å².